The van der Waals surface area contributed by atoms with E-state index in [0.29, 0.717) is 5.92 Å². The van der Waals surface area contributed by atoms with Crippen LogP contribution in [0.2, 0.25) is 4.34 Å². The van der Waals surface area contributed by atoms with Crippen LogP contribution in [-0.4, -0.2) is 11.2 Å². The van der Waals surface area contributed by atoms with Gasteiger partial charge in [0, 0.05) is 10.8 Å². The SMILES string of the molecule is CC1(C)CC(C(NN)c2ccc(Cl)s2)C(C)(C)O1. The zero-order valence-electron chi connectivity index (χ0n) is 11.3. The quantitative estimate of drug-likeness (QED) is 0.661. The highest BCUT2D eigenvalue weighted by atomic mass is 35.5. The monoisotopic (exact) mass is 288 g/mol. The van der Waals surface area contributed by atoms with E-state index in [2.05, 4.69) is 33.1 Å². The molecule has 1 saturated heterocycles. The predicted molar refractivity (Wildman–Crippen MR) is 76.7 cm³/mol. The molecule has 18 heavy (non-hydrogen) atoms. The molecule has 1 aromatic rings. The molecule has 1 fully saturated rings. The number of thiophene rings is 1. The van der Waals surface area contributed by atoms with Gasteiger partial charge in [0.15, 0.2) is 0 Å². The van der Waals surface area contributed by atoms with Crippen LogP contribution in [0.5, 0.6) is 0 Å². The number of ether oxygens (including phenoxy) is 1. The minimum Gasteiger partial charge on any atom is -0.369 e. The summed E-state index contributed by atoms with van der Waals surface area (Å²) >= 11 is 7.59. The standard InChI is InChI=1S/C13H21ClN2OS/c1-12(2)7-8(13(3,4)17-12)11(16-15)9-5-6-10(14)18-9/h5-6,8,11,16H,7,15H2,1-4H3. The third kappa shape index (κ3) is 2.73. The molecule has 2 unspecified atom stereocenters. The summed E-state index contributed by atoms with van der Waals surface area (Å²) in [5.41, 5.74) is 2.63. The van der Waals surface area contributed by atoms with Crippen molar-refractivity contribution in [2.45, 2.75) is 51.4 Å². The van der Waals surface area contributed by atoms with Crippen molar-refractivity contribution >= 4 is 22.9 Å². The molecule has 3 nitrogen and oxygen atoms in total. The van der Waals surface area contributed by atoms with Crippen molar-refractivity contribution in [2.75, 3.05) is 0 Å². The van der Waals surface area contributed by atoms with E-state index in [4.69, 9.17) is 22.2 Å². The average Bonchev–Trinajstić information content (AvgIpc) is 2.70. The van der Waals surface area contributed by atoms with Crippen molar-refractivity contribution in [1.29, 1.82) is 0 Å². The molecule has 102 valence electrons. The van der Waals surface area contributed by atoms with Crippen molar-refractivity contribution < 1.29 is 4.74 Å². The Morgan fingerprint density at radius 3 is 2.50 bits per heavy atom. The van der Waals surface area contributed by atoms with Crippen LogP contribution >= 0.6 is 22.9 Å². The second-order valence-electron chi connectivity index (χ2n) is 6.06. The molecule has 0 amide bonds. The molecule has 0 aromatic carbocycles. The van der Waals surface area contributed by atoms with E-state index in [9.17, 15) is 0 Å². The zero-order valence-corrected chi connectivity index (χ0v) is 12.9. The topological polar surface area (TPSA) is 47.3 Å². The fourth-order valence-electron chi connectivity index (χ4n) is 3.02. The average molecular weight is 289 g/mol. The second kappa shape index (κ2) is 4.76. The molecule has 0 saturated carbocycles. The van der Waals surface area contributed by atoms with Crippen LogP contribution in [-0.2, 0) is 4.74 Å². The smallest absolute Gasteiger partial charge is 0.0931 e. The van der Waals surface area contributed by atoms with Gasteiger partial charge >= 0.3 is 0 Å². The van der Waals surface area contributed by atoms with E-state index in [0.717, 1.165) is 10.8 Å². The summed E-state index contributed by atoms with van der Waals surface area (Å²) in [5, 5.41) is 0. The Morgan fingerprint density at radius 1 is 1.44 bits per heavy atom. The number of halogens is 1. The third-order valence-corrected chi connectivity index (χ3v) is 4.94. The molecule has 2 atom stereocenters. The summed E-state index contributed by atoms with van der Waals surface area (Å²) in [7, 11) is 0. The highest BCUT2D eigenvalue weighted by molar-refractivity contribution is 7.16. The van der Waals surface area contributed by atoms with Crippen LogP contribution in [0, 0.1) is 5.92 Å². The number of nitrogens with one attached hydrogen (secondary N) is 1. The zero-order chi connectivity index (χ0) is 13.6. The molecule has 3 N–H and O–H groups in total. The number of hydrazine groups is 1. The summed E-state index contributed by atoms with van der Waals surface area (Å²) in [6, 6.07) is 4.04. The van der Waals surface area contributed by atoms with Gasteiger partial charge in [-0.15, -0.1) is 11.3 Å². The van der Waals surface area contributed by atoms with Crippen LogP contribution in [0.4, 0.5) is 0 Å². The van der Waals surface area contributed by atoms with Gasteiger partial charge in [-0.3, -0.25) is 11.3 Å². The largest absolute Gasteiger partial charge is 0.369 e. The van der Waals surface area contributed by atoms with Gasteiger partial charge < -0.3 is 4.74 Å². The van der Waals surface area contributed by atoms with Gasteiger partial charge in [0.05, 0.1) is 21.6 Å². The van der Waals surface area contributed by atoms with Crippen molar-refractivity contribution in [3.8, 4) is 0 Å². The van der Waals surface area contributed by atoms with Gasteiger partial charge in [-0.2, -0.15) is 0 Å². The first-order valence-electron chi connectivity index (χ1n) is 6.17. The lowest BCUT2D eigenvalue weighted by Gasteiger charge is -2.32. The fourth-order valence-corrected chi connectivity index (χ4v) is 4.20. The van der Waals surface area contributed by atoms with Crippen LogP contribution < -0.4 is 11.3 Å². The fraction of sp³-hybridized carbons (Fsp3) is 0.692. The summed E-state index contributed by atoms with van der Waals surface area (Å²) < 4.78 is 6.93. The number of hydrogen-bond donors (Lipinski definition) is 2. The first-order valence-corrected chi connectivity index (χ1v) is 7.36. The molecule has 1 aliphatic rings. The molecule has 2 rings (SSSR count). The maximum atomic E-state index is 6.14. The molecular formula is C13H21ClN2OS. The van der Waals surface area contributed by atoms with Gasteiger partial charge in [-0.05, 0) is 46.2 Å². The second-order valence-corrected chi connectivity index (χ2v) is 7.81. The summed E-state index contributed by atoms with van der Waals surface area (Å²) in [6.07, 6.45) is 0.977. The third-order valence-electron chi connectivity index (χ3n) is 3.63. The van der Waals surface area contributed by atoms with Crippen molar-refractivity contribution in [3.63, 3.8) is 0 Å². The molecule has 5 heteroatoms. The normalized spacial score (nSPS) is 27.3. The Kier molecular flexibility index (Phi) is 3.78. The number of hydrogen-bond acceptors (Lipinski definition) is 4. The minimum atomic E-state index is -0.197. The summed E-state index contributed by atoms with van der Waals surface area (Å²) in [4.78, 5) is 1.17. The van der Waals surface area contributed by atoms with Crippen LogP contribution in [0.1, 0.15) is 45.0 Å². The van der Waals surface area contributed by atoms with Crippen LogP contribution in [0.25, 0.3) is 0 Å². The van der Waals surface area contributed by atoms with Crippen LogP contribution in [0.15, 0.2) is 12.1 Å². The van der Waals surface area contributed by atoms with E-state index in [1.54, 1.807) is 11.3 Å². The van der Waals surface area contributed by atoms with Crippen LogP contribution in [0.3, 0.4) is 0 Å². The highest BCUT2D eigenvalue weighted by Gasteiger charge is 2.49. The first-order chi connectivity index (χ1) is 8.25. The van der Waals surface area contributed by atoms with Gasteiger partial charge in [0.2, 0.25) is 0 Å². The van der Waals surface area contributed by atoms with E-state index in [1.807, 2.05) is 12.1 Å². The molecule has 0 bridgehead atoms. The predicted octanol–water partition coefficient (Wildman–Crippen LogP) is 3.50. The van der Waals surface area contributed by atoms with Gasteiger partial charge in [0.25, 0.3) is 0 Å². The maximum Gasteiger partial charge on any atom is 0.0931 e. The van der Waals surface area contributed by atoms with Crippen molar-refractivity contribution in [2.24, 2.45) is 11.8 Å². The van der Waals surface area contributed by atoms with E-state index in [-0.39, 0.29) is 17.2 Å². The first kappa shape index (κ1) is 14.3. The van der Waals surface area contributed by atoms with Crippen molar-refractivity contribution in [1.82, 2.24) is 5.43 Å². The Hall–Kier alpha value is -0.130. The minimum absolute atomic E-state index is 0.0827. The van der Waals surface area contributed by atoms with E-state index in [1.165, 1.54) is 4.88 Å². The summed E-state index contributed by atoms with van der Waals surface area (Å²) in [6.45, 7) is 8.52. The number of nitrogens with two attached hydrogens (primary N) is 1. The molecule has 0 spiro atoms. The van der Waals surface area contributed by atoms with Gasteiger partial charge in [0.1, 0.15) is 0 Å². The van der Waals surface area contributed by atoms with E-state index < -0.39 is 0 Å². The molecule has 0 aliphatic carbocycles. The molecule has 1 aromatic heterocycles. The Morgan fingerprint density at radius 2 is 2.11 bits per heavy atom. The summed E-state index contributed by atoms with van der Waals surface area (Å²) in [5.74, 6) is 6.09. The molecule has 2 heterocycles. The lowest BCUT2D eigenvalue weighted by molar-refractivity contribution is -0.0777. The molecular weight excluding hydrogens is 268 g/mol. The molecule has 0 radical (unpaired) electrons. The van der Waals surface area contributed by atoms with Gasteiger partial charge in [-0.1, -0.05) is 11.6 Å². The Balaban J connectivity index is 2.28. The lowest BCUT2D eigenvalue weighted by Crippen LogP contribution is -2.40. The Bertz CT molecular complexity index is 430. The van der Waals surface area contributed by atoms with Crippen molar-refractivity contribution in [3.05, 3.63) is 21.3 Å². The lowest BCUT2D eigenvalue weighted by atomic mass is 9.81. The maximum absolute atomic E-state index is 6.14. The highest BCUT2D eigenvalue weighted by Crippen LogP contribution is 2.48. The number of rotatable bonds is 3. The van der Waals surface area contributed by atoms with E-state index >= 15 is 0 Å². The molecule has 1 aliphatic heterocycles. The Labute approximate surface area is 118 Å². The van der Waals surface area contributed by atoms with Gasteiger partial charge in [-0.25, -0.2) is 0 Å².